The monoisotopic (exact) mass is 262 g/mol. The predicted octanol–water partition coefficient (Wildman–Crippen LogP) is 1.50. The maximum Gasteiger partial charge on any atom is 0.139 e. The number of para-hydroxylation sites is 1. The van der Waals surface area contributed by atoms with Crippen LogP contribution in [0.15, 0.2) is 30.6 Å². The predicted molar refractivity (Wildman–Crippen MR) is 72.3 cm³/mol. The van der Waals surface area contributed by atoms with Crippen molar-refractivity contribution in [2.75, 3.05) is 29.5 Å². The second-order valence-electron chi connectivity index (χ2n) is 4.42. The van der Waals surface area contributed by atoms with Crippen LogP contribution < -0.4 is 4.90 Å². The second-order valence-corrected chi connectivity index (χ2v) is 6.86. The third kappa shape index (κ3) is 2.03. The molecular formula is C12H14N4OS. The van der Waals surface area contributed by atoms with Gasteiger partial charge in [-0.05, 0) is 12.1 Å². The Kier molecular flexibility index (Phi) is 2.66. The maximum atomic E-state index is 11.7. The standard InChI is InChI=1S/C12H14N4OS/c13-18(17)7-5-16(6-8-18)12-10-3-1-2-4-11(10)14-9-15-12/h1-4,9,13H,5-8H2. The molecule has 3 rings (SSSR count). The highest BCUT2D eigenvalue weighted by Crippen LogP contribution is 2.23. The highest BCUT2D eigenvalue weighted by atomic mass is 32.2. The van der Waals surface area contributed by atoms with Crippen LogP contribution in [0.5, 0.6) is 0 Å². The molecule has 18 heavy (non-hydrogen) atoms. The van der Waals surface area contributed by atoms with Gasteiger partial charge in [0.2, 0.25) is 0 Å². The number of anilines is 1. The molecular weight excluding hydrogens is 248 g/mol. The summed E-state index contributed by atoms with van der Waals surface area (Å²) >= 11 is 0. The van der Waals surface area contributed by atoms with Crippen molar-refractivity contribution in [3.8, 4) is 0 Å². The first-order valence-electron chi connectivity index (χ1n) is 5.85. The number of nitrogens with zero attached hydrogens (tertiary/aromatic N) is 3. The van der Waals surface area contributed by atoms with Crippen molar-refractivity contribution in [2.45, 2.75) is 0 Å². The molecule has 0 radical (unpaired) electrons. The van der Waals surface area contributed by atoms with E-state index in [1.165, 1.54) is 0 Å². The lowest BCUT2D eigenvalue weighted by Gasteiger charge is -2.29. The number of benzene rings is 1. The molecule has 0 atom stereocenters. The molecule has 1 N–H and O–H groups in total. The molecule has 1 aromatic heterocycles. The zero-order chi connectivity index (χ0) is 12.6. The Balaban J connectivity index is 2.00. The third-order valence-electron chi connectivity index (χ3n) is 3.20. The lowest BCUT2D eigenvalue weighted by atomic mass is 10.2. The summed E-state index contributed by atoms with van der Waals surface area (Å²) in [7, 11) is -2.36. The summed E-state index contributed by atoms with van der Waals surface area (Å²) in [6.07, 6.45) is 1.56. The van der Waals surface area contributed by atoms with E-state index in [1.807, 2.05) is 24.3 Å². The normalized spacial score (nSPS) is 19.0. The van der Waals surface area contributed by atoms with E-state index in [2.05, 4.69) is 14.9 Å². The molecule has 2 heterocycles. The Hall–Kier alpha value is -1.69. The molecule has 1 fully saturated rings. The lowest BCUT2D eigenvalue weighted by Crippen LogP contribution is -2.40. The number of hydrogen-bond donors (Lipinski definition) is 1. The Labute approximate surface area is 106 Å². The van der Waals surface area contributed by atoms with Gasteiger partial charge >= 0.3 is 0 Å². The molecule has 0 unspecified atom stereocenters. The smallest absolute Gasteiger partial charge is 0.139 e. The zero-order valence-electron chi connectivity index (χ0n) is 9.87. The zero-order valence-corrected chi connectivity index (χ0v) is 10.7. The van der Waals surface area contributed by atoms with E-state index in [0.717, 1.165) is 16.7 Å². The van der Waals surface area contributed by atoms with Crippen molar-refractivity contribution >= 4 is 26.4 Å². The van der Waals surface area contributed by atoms with Crippen molar-refractivity contribution in [2.24, 2.45) is 0 Å². The first kappa shape index (κ1) is 11.4. The first-order valence-corrected chi connectivity index (χ1v) is 7.74. The number of fused-ring (bicyclic) bond motifs is 1. The van der Waals surface area contributed by atoms with Crippen LogP contribution in [-0.4, -0.2) is 38.8 Å². The topological polar surface area (TPSA) is 69.9 Å². The molecule has 94 valence electrons. The highest BCUT2D eigenvalue weighted by Gasteiger charge is 2.21. The molecule has 6 heteroatoms. The highest BCUT2D eigenvalue weighted by molar-refractivity contribution is 7.92. The summed E-state index contributed by atoms with van der Waals surface area (Å²) in [4.78, 5) is 10.7. The summed E-state index contributed by atoms with van der Waals surface area (Å²) in [5.41, 5.74) is 0.916. The van der Waals surface area contributed by atoms with Crippen LogP contribution in [0, 0.1) is 4.78 Å². The van der Waals surface area contributed by atoms with Gasteiger partial charge in [-0.25, -0.2) is 14.2 Å². The number of nitrogens with one attached hydrogen (secondary N) is 1. The van der Waals surface area contributed by atoms with Gasteiger partial charge in [-0.3, -0.25) is 4.78 Å². The van der Waals surface area contributed by atoms with Gasteiger partial charge in [-0.15, -0.1) is 0 Å². The molecule has 5 nitrogen and oxygen atoms in total. The number of aromatic nitrogens is 2. The van der Waals surface area contributed by atoms with Crippen molar-refractivity contribution < 1.29 is 4.21 Å². The van der Waals surface area contributed by atoms with E-state index >= 15 is 0 Å². The van der Waals surface area contributed by atoms with Gasteiger partial charge in [-0.2, -0.15) is 0 Å². The van der Waals surface area contributed by atoms with Gasteiger partial charge in [0.1, 0.15) is 12.1 Å². The summed E-state index contributed by atoms with van der Waals surface area (Å²) in [5.74, 6) is 1.73. The molecule has 0 saturated carbocycles. The summed E-state index contributed by atoms with van der Waals surface area (Å²) in [6.45, 7) is 1.26. The van der Waals surface area contributed by atoms with Crippen LogP contribution in [0.4, 0.5) is 5.82 Å². The quantitative estimate of drug-likeness (QED) is 0.845. The molecule has 0 aliphatic carbocycles. The van der Waals surface area contributed by atoms with Crippen LogP contribution >= 0.6 is 0 Å². The minimum atomic E-state index is -2.36. The van der Waals surface area contributed by atoms with Gasteiger partial charge < -0.3 is 4.90 Å². The van der Waals surface area contributed by atoms with Crippen molar-refractivity contribution in [1.82, 2.24) is 9.97 Å². The van der Waals surface area contributed by atoms with Crippen molar-refractivity contribution in [3.05, 3.63) is 30.6 Å². The van der Waals surface area contributed by atoms with Crippen LogP contribution in [0.1, 0.15) is 0 Å². The van der Waals surface area contributed by atoms with E-state index in [1.54, 1.807) is 6.33 Å². The van der Waals surface area contributed by atoms with Gasteiger partial charge in [0.05, 0.1) is 5.52 Å². The Morgan fingerprint density at radius 3 is 2.67 bits per heavy atom. The van der Waals surface area contributed by atoms with Gasteiger partial charge in [0, 0.05) is 39.7 Å². The fourth-order valence-corrected chi connectivity index (χ4v) is 3.42. The minimum Gasteiger partial charge on any atom is -0.354 e. The van der Waals surface area contributed by atoms with Crippen LogP contribution in [0.2, 0.25) is 0 Å². The van der Waals surface area contributed by atoms with Gasteiger partial charge in [-0.1, -0.05) is 12.1 Å². The van der Waals surface area contributed by atoms with Gasteiger partial charge in [0.25, 0.3) is 0 Å². The fraction of sp³-hybridized carbons (Fsp3) is 0.333. The van der Waals surface area contributed by atoms with Crippen molar-refractivity contribution in [3.63, 3.8) is 0 Å². The Morgan fingerprint density at radius 2 is 1.89 bits per heavy atom. The molecule has 0 amide bonds. The van der Waals surface area contributed by atoms with Crippen LogP contribution in [0.3, 0.4) is 0 Å². The lowest BCUT2D eigenvalue weighted by molar-refractivity contribution is 0.663. The molecule has 1 aromatic carbocycles. The minimum absolute atomic E-state index is 0.422. The Bertz CT molecular complexity index is 664. The molecule has 1 saturated heterocycles. The van der Waals surface area contributed by atoms with Gasteiger partial charge in [0.15, 0.2) is 0 Å². The summed E-state index contributed by atoms with van der Waals surface area (Å²) < 4.78 is 19.3. The number of rotatable bonds is 1. The molecule has 2 aromatic rings. The number of hydrogen-bond acceptors (Lipinski definition) is 5. The van der Waals surface area contributed by atoms with E-state index < -0.39 is 9.73 Å². The average molecular weight is 262 g/mol. The molecule has 1 aliphatic heterocycles. The van der Waals surface area contributed by atoms with Crippen LogP contribution in [-0.2, 0) is 9.73 Å². The van der Waals surface area contributed by atoms with E-state index in [0.29, 0.717) is 24.6 Å². The SMILES string of the molecule is N=S1(=O)CCN(c2ncnc3ccccc23)CC1. The van der Waals surface area contributed by atoms with Crippen molar-refractivity contribution in [1.29, 1.82) is 4.78 Å². The van der Waals surface area contributed by atoms with E-state index in [4.69, 9.17) is 4.78 Å². The molecule has 0 spiro atoms. The largest absolute Gasteiger partial charge is 0.354 e. The van der Waals surface area contributed by atoms with E-state index in [-0.39, 0.29) is 0 Å². The summed E-state index contributed by atoms with van der Waals surface area (Å²) in [5, 5.41) is 1.01. The van der Waals surface area contributed by atoms with Crippen LogP contribution in [0.25, 0.3) is 10.9 Å². The first-order chi connectivity index (χ1) is 8.66. The fourth-order valence-electron chi connectivity index (χ4n) is 2.18. The second kappa shape index (κ2) is 4.20. The maximum absolute atomic E-state index is 11.7. The Morgan fingerprint density at radius 1 is 1.17 bits per heavy atom. The molecule has 1 aliphatic rings. The van der Waals surface area contributed by atoms with E-state index in [9.17, 15) is 4.21 Å². The third-order valence-corrected chi connectivity index (χ3v) is 4.89. The average Bonchev–Trinajstić information content (AvgIpc) is 2.38. The summed E-state index contributed by atoms with van der Waals surface area (Å²) in [6, 6.07) is 7.87. The molecule has 0 bridgehead atoms.